The molecule has 2 rings (SSSR count). The number of thiazole rings is 1. The van der Waals surface area contributed by atoms with Crippen LogP contribution in [0.5, 0.6) is 5.75 Å². The van der Waals surface area contributed by atoms with Crippen LogP contribution in [-0.2, 0) is 0 Å². The Kier molecular flexibility index (Phi) is 2.09. The van der Waals surface area contributed by atoms with Crippen molar-refractivity contribution in [1.29, 1.82) is 0 Å². The number of nitrogens with zero attached hydrogens (tertiary/aromatic N) is 1. The molecule has 3 N–H and O–H groups in total. The van der Waals surface area contributed by atoms with E-state index in [1.54, 1.807) is 5.38 Å². The zero-order valence-corrected chi connectivity index (χ0v) is 7.88. The lowest BCUT2D eigenvalue weighted by molar-refractivity contribution is 0.469. The normalized spacial score (nSPS) is 10.4. The van der Waals surface area contributed by atoms with Crippen molar-refractivity contribution in [3.8, 4) is 16.3 Å². The lowest BCUT2D eigenvalue weighted by Gasteiger charge is -1.98. The molecule has 0 aliphatic heterocycles. The Morgan fingerprint density at radius 1 is 1.43 bits per heavy atom. The first-order valence-electron chi connectivity index (χ1n) is 3.87. The molecule has 5 heteroatoms. The number of aromatic nitrogens is 1. The molecule has 0 aliphatic rings. The maximum Gasteiger partial charge on any atom is 0.137 e. The van der Waals surface area contributed by atoms with Crippen LogP contribution in [0.25, 0.3) is 10.6 Å². The van der Waals surface area contributed by atoms with Crippen LogP contribution in [0.4, 0.5) is 10.2 Å². The van der Waals surface area contributed by atoms with Crippen molar-refractivity contribution in [2.75, 3.05) is 5.73 Å². The van der Waals surface area contributed by atoms with Crippen LogP contribution >= 0.6 is 11.3 Å². The van der Waals surface area contributed by atoms with Gasteiger partial charge in [0, 0.05) is 17.0 Å². The van der Waals surface area contributed by atoms with Crippen LogP contribution in [-0.4, -0.2) is 10.1 Å². The summed E-state index contributed by atoms with van der Waals surface area (Å²) in [6.07, 6.45) is 0. The van der Waals surface area contributed by atoms with Crippen molar-refractivity contribution < 1.29 is 9.50 Å². The Morgan fingerprint density at radius 2 is 2.21 bits per heavy atom. The first-order valence-corrected chi connectivity index (χ1v) is 4.74. The van der Waals surface area contributed by atoms with Gasteiger partial charge in [0.2, 0.25) is 0 Å². The minimum atomic E-state index is -0.501. The molecular weight excluding hydrogens is 203 g/mol. The van der Waals surface area contributed by atoms with E-state index in [2.05, 4.69) is 4.98 Å². The highest BCUT2D eigenvalue weighted by Gasteiger charge is 2.08. The number of halogens is 1. The summed E-state index contributed by atoms with van der Waals surface area (Å²) in [6.45, 7) is 0. The van der Waals surface area contributed by atoms with Gasteiger partial charge in [-0.1, -0.05) is 0 Å². The minimum absolute atomic E-state index is 0.101. The summed E-state index contributed by atoms with van der Waals surface area (Å²) in [4.78, 5) is 3.95. The predicted molar refractivity (Wildman–Crippen MR) is 53.6 cm³/mol. The van der Waals surface area contributed by atoms with Crippen LogP contribution in [0.15, 0.2) is 23.6 Å². The van der Waals surface area contributed by atoms with Gasteiger partial charge in [-0.2, -0.15) is 0 Å². The van der Waals surface area contributed by atoms with Crippen molar-refractivity contribution in [3.05, 3.63) is 29.4 Å². The highest BCUT2D eigenvalue weighted by molar-refractivity contribution is 7.13. The average molecular weight is 210 g/mol. The number of hydrogen-bond donors (Lipinski definition) is 2. The first kappa shape index (κ1) is 8.96. The van der Waals surface area contributed by atoms with Crippen molar-refractivity contribution in [2.45, 2.75) is 0 Å². The number of nitrogens with two attached hydrogens (primary N) is 1. The van der Waals surface area contributed by atoms with Gasteiger partial charge in [-0.25, -0.2) is 9.37 Å². The second-order valence-electron chi connectivity index (χ2n) is 2.74. The second kappa shape index (κ2) is 3.26. The van der Waals surface area contributed by atoms with Crippen LogP contribution in [0.1, 0.15) is 0 Å². The van der Waals surface area contributed by atoms with E-state index in [1.165, 1.54) is 23.5 Å². The average Bonchev–Trinajstić information content (AvgIpc) is 2.51. The fraction of sp³-hybridized carbons (Fsp3) is 0. The molecule has 0 atom stereocenters. The zero-order chi connectivity index (χ0) is 10.1. The van der Waals surface area contributed by atoms with Gasteiger partial charge < -0.3 is 10.8 Å². The van der Waals surface area contributed by atoms with Gasteiger partial charge in [0.25, 0.3) is 0 Å². The van der Waals surface area contributed by atoms with Gasteiger partial charge >= 0.3 is 0 Å². The van der Waals surface area contributed by atoms with E-state index in [9.17, 15) is 4.39 Å². The summed E-state index contributed by atoms with van der Waals surface area (Å²) < 4.78 is 13.3. The molecule has 0 amide bonds. The van der Waals surface area contributed by atoms with Gasteiger partial charge in [0.05, 0.1) is 0 Å². The quantitative estimate of drug-likeness (QED) is 0.758. The third-order valence-corrected chi connectivity index (χ3v) is 2.60. The Labute approximate surface area is 83.6 Å². The van der Waals surface area contributed by atoms with E-state index in [1.807, 2.05) is 0 Å². The second-order valence-corrected chi connectivity index (χ2v) is 3.60. The van der Waals surface area contributed by atoms with Gasteiger partial charge in [-0.15, -0.1) is 11.3 Å². The fourth-order valence-electron chi connectivity index (χ4n) is 1.09. The molecule has 0 aliphatic carbocycles. The van der Waals surface area contributed by atoms with E-state index < -0.39 is 5.82 Å². The molecule has 2 aromatic rings. The van der Waals surface area contributed by atoms with E-state index in [4.69, 9.17) is 10.8 Å². The number of hydrogen-bond acceptors (Lipinski definition) is 4. The molecule has 0 bridgehead atoms. The molecule has 1 aromatic carbocycles. The summed E-state index contributed by atoms with van der Waals surface area (Å²) >= 11 is 1.26. The Balaban J connectivity index is 2.52. The smallest absolute Gasteiger partial charge is 0.137 e. The van der Waals surface area contributed by atoms with E-state index in [-0.39, 0.29) is 5.75 Å². The molecule has 0 spiro atoms. The fourth-order valence-corrected chi connectivity index (χ4v) is 1.82. The molecule has 1 heterocycles. The number of anilines is 1. The third-order valence-electron chi connectivity index (χ3n) is 1.71. The van der Waals surface area contributed by atoms with Crippen molar-refractivity contribution >= 4 is 17.2 Å². The molecule has 0 radical (unpaired) electrons. The molecule has 0 saturated carbocycles. The van der Waals surface area contributed by atoms with Gasteiger partial charge in [0.15, 0.2) is 0 Å². The summed E-state index contributed by atoms with van der Waals surface area (Å²) in [5.41, 5.74) is 5.77. The van der Waals surface area contributed by atoms with Crippen LogP contribution in [0, 0.1) is 5.82 Å². The summed E-state index contributed by atoms with van der Waals surface area (Å²) in [6, 6.07) is 3.94. The number of rotatable bonds is 1. The third kappa shape index (κ3) is 1.54. The highest BCUT2D eigenvalue weighted by atomic mass is 32.1. The van der Waals surface area contributed by atoms with E-state index in [0.29, 0.717) is 16.4 Å². The van der Waals surface area contributed by atoms with E-state index >= 15 is 0 Å². The molecule has 3 nitrogen and oxygen atoms in total. The standard InChI is InChI=1S/C9H7FN2OS/c10-7-3-5(13)1-2-6(7)9-12-8(11)4-14-9/h1-4,13H,11H2. The topological polar surface area (TPSA) is 59.1 Å². The van der Waals surface area contributed by atoms with Crippen LogP contribution < -0.4 is 5.73 Å². The summed E-state index contributed by atoms with van der Waals surface area (Å²) in [7, 11) is 0. The number of nitrogen functional groups attached to an aromatic ring is 1. The largest absolute Gasteiger partial charge is 0.508 e. The molecule has 1 aromatic heterocycles. The van der Waals surface area contributed by atoms with Crippen LogP contribution in [0.3, 0.4) is 0 Å². The monoisotopic (exact) mass is 210 g/mol. The first-order chi connectivity index (χ1) is 6.66. The van der Waals surface area contributed by atoms with Gasteiger partial charge in [-0.05, 0) is 12.1 Å². The Bertz CT molecular complexity index is 470. The van der Waals surface area contributed by atoms with Crippen molar-refractivity contribution in [3.63, 3.8) is 0 Å². The van der Waals surface area contributed by atoms with E-state index in [0.717, 1.165) is 6.07 Å². The van der Waals surface area contributed by atoms with Gasteiger partial charge in [0.1, 0.15) is 22.4 Å². The molecule has 72 valence electrons. The van der Waals surface area contributed by atoms with Crippen LogP contribution in [0.2, 0.25) is 0 Å². The molecule has 0 fully saturated rings. The highest BCUT2D eigenvalue weighted by Crippen LogP contribution is 2.28. The molecular formula is C9H7FN2OS. The number of aromatic hydroxyl groups is 1. The SMILES string of the molecule is Nc1csc(-c2ccc(O)cc2F)n1. The number of benzene rings is 1. The lowest BCUT2D eigenvalue weighted by Crippen LogP contribution is -1.86. The number of phenolic OH excluding ortho intramolecular Hbond substituents is 1. The maximum absolute atomic E-state index is 13.3. The molecule has 14 heavy (non-hydrogen) atoms. The van der Waals surface area contributed by atoms with Crippen molar-refractivity contribution in [1.82, 2.24) is 4.98 Å². The molecule has 0 saturated heterocycles. The summed E-state index contributed by atoms with van der Waals surface area (Å²) in [5.74, 6) is -0.229. The maximum atomic E-state index is 13.3. The zero-order valence-electron chi connectivity index (χ0n) is 7.07. The Hall–Kier alpha value is -1.62. The summed E-state index contributed by atoms with van der Waals surface area (Å²) in [5, 5.41) is 11.2. The molecule has 0 unspecified atom stereocenters. The predicted octanol–water partition coefficient (Wildman–Crippen LogP) is 2.24. The van der Waals surface area contributed by atoms with Gasteiger partial charge in [-0.3, -0.25) is 0 Å². The van der Waals surface area contributed by atoms with Crippen molar-refractivity contribution in [2.24, 2.45) is 0 Å². The minimum Gasteiger partial charge on any atom is -0.508 e. The Morgan fingerprint density at radius 3 is 2.79 bits per heavy atom. The lowest BCUT2D eigenvalue weighted by atomic mass is 10.2. The number of phenols is 1.